The molecule has 0 saturated carbocycles. The van der Waals surface area contributed by atoms with Crippen LogP contribution in [-0.4, -0.2) is 30.0 Å². The van der Waals surface area contributed by atoms with Crippen LogP contribution in [-0.2, 0) is 19.6 Å². The summed E-state index contributed by atoms with van der Waals surface area (Å²) in [5.41, 5.74) is 3.72. The molecule has 37 heavy (non-hydrogen) atoms. The van der Waals surface area contributed by atoms with Crippen molar-refractivity contribution in [2.75, 3.05) is 7.11 Å². The summed E-state index contributed by atoms with van der Waals surface area (Å²) in [7, 11) is -2.53. The molecule has 0 unspecified atom stereocenters. The van der Waals surface area contributed by atoms with Gasteiger partial charge in [-0.3, -0.25) is 0 Å². The third-order valence-electron chi connectivity index (χ3n) is 6.34. The summed E-state index contributed by atoms with van der Waals surface area (Å²) >= 11 is 0. The molecule has 2 aromatic heterocycles. The minimum absolute atomic E-state index is 0.0179. The summed E-state index contributed by atoms with van der Waals surface area (Å²) in [6, 6.07) is 20.0. The van der Waals surface area contributed by atoms with Crippen molar-refractivity contribution in [3.8, 4) is 5.69 Å². The summed E-state index contributed by atoms with van der Waals surface area (Å²) in [6.45, 7) is 4.06. The molecular formula is C29H25FN2O4S. The lowest BCUT2D eigenvalue weighted by molar-refractivity contribution is -0.134. The van der Waals surface area contributed by atoms with E-state index in [1.807, 2.05) is 30.5 Å². The predicted molar refractivity (Wildman–Crippen MR) is 143 cm³/mol. The number of nitrogens with zero attached hydrogens (tertiary/aromatic N) is 2. The number of benzene rings is 3. The summed E-state index contributed by atoms with van der Waals surface area (Å²) in [5, 5.41) is 1.48. The summed E-state index contributed by atoms with van der Waals surface area (Å²) in [6.07, 6.45) is 4.58. The van der Waals surface area contributed by atoms with Crippen molar-refractivity contribution in [3.05, 3.63) is 102 Å². The summed E-state index contributed by atoms with van der Waals surface area (Å²) in [4.78, 5) is 12.2. The molecular weight excluding hydrogens is 491 g/mol. The highest BCUT2D eigenvalue weighted by Crippen LogP contribution is 2.38. The number of aromatic nitrogens is 2. The Kier molecular flexibility index (Phi) is 6.21. The number of methoxy groups -OCH3 is 1. The van der Waals surface area contributed by atoms with E-state index in [4.69, 9.17) is 4.74 Å². The number of rotatable bonds is 6. The van der Waals surface area contributed by atoms with E-state index < -0.39 is 16.0 Å². The largest absolute Gasteiger partial charge is 0.466 e. The fraction of sp³-hybridized carbons (Fsp3) is 0.138. The van der Waals surface area contributed by atoms with Gasteiger partial charge in [-0.15, -0.1) is 0 Å². The van der Waals surface area contributed by atoms with E-state index in [-0.39, 0.29) is 16.6 Å². The summed E-state index contributed by atoms with van der Waals surface area (Å²) < 4.78 is 48.8. The van der Waals surface area contributed by atoms with Crippen molar-refractivity contribution in [1.82, 2.24) is 8.54 Å². The minimum atomic E-state index is -3.83. The zero-order chi connectivity index (χ0) is 26.3. The van der Waals surface area contributed by atoms with Crippen molar-refractivity contribution in [2.45, 2.75) is 24.7 Å². The van der Waals surface area contributed by atoms with Gasteiger partial charge in [-0.05, 0) is 66.6 Å². The van der Waals surface area contributed by atoms with Gasteiger partial charge in [0.05, 0.1) is 23.0 Å². The average molecular weight is 517 g/mol. The van der Waals surface area contributed by atoms with Crippen molar-refractivity contribution in [1.29, 1.82) is 0 Å². The van der Waals surface area contributed by atoms with Gasteiger partial charge in [-0.25, -0.2) is 21.6 Å². The van der Waals surface area contributed by atoms with E-state index >= 15 is 0 Å². The molecule has 0 saturated heterocycles. The Hall–Kier alpha value is -4.17. The molecule has 0 radical (unpaired) electrons. The Bertz CT molecular complexity index is 1760. The molecule has 6 nitrogen and oxygen atoms in total. The highest BCUT2D eigenvalue weighted by atomic mass is 32.2. The number of carbonyl (C=O) groups excluding carboxylic acids is 1. The molecule has 8 heteroatoms. The number of halogens is 1. The van der Waals surface area contributed by atoms with Crippen LogP contribution in [0.2, 0.25) is 0 Å². The van der Waals surface area contributed by atoms with Gasteiger partial charge in [0.25, 0.3) is 10.0 Å². The number of fused-ring (bicyclic) bond motifs is 2. The molecule has 0 aliphatic heterocycles. The molecule has 0 bridgehead atoms. The average Bonchev–Trinajstić information content (AvgIpc) is 3.46. The monoisotopic (exact) mass is 516 g/mol. The van der Waals surface area contributed by atoms with Crippen molar-refractivity contribution in [3.63, 3.8) is 0 Å². The van der Waals surface area contributed by atoms with Crippen LogP contribution in [0.15, 0.2) is 90.0 Å². The quantitative estimate of drug-likeness (QED) is 0.197. The smallest absolute Gasteiger partial charge is 0.330 e. The minimum Gasteiger partial charge on any atom is -0.466 e. The second kappa shape index (κ2) is 9.37. The fourth-order valence-electron chi connectivity index (χ4n) is 4.68. The van der Waals surface area contributed by atoms with Crippen molar-refractivity contribution in [2.24, 2.45) is 0 Å². The maximum Gasteiger partial charge on any atom is 0.330 e. The molecule has 0 atom stereocenters. The van der Waals surface area contributed by atoms with Gasteiger partial charge in [0.15, 0.2) is 0 Å². The second-order valence-corrected chi connectivity index (χ2v) is 10.8. The molecule has 0 fully saturated rings. The van der Waals surface area contributed by atoms with Gasteiger partial charge in [0.2, 0.25) is 0 Å². The fourth-order valence-corrected chi connectivity index (χ4v) is 6.05. The lowest BCUT2D eigenvalue weighted by atomic mass is 10.0. The van der Waals surface area contributed by atoms with Gasteiger partial charge in [-0.1, -0.05) is 32.0 Å². The molecule has 2 heterocycles. The zero-order valence-corrected chi connectivity index (χ0v) is 21.4. The normalized spacial score (nSPS) is 12.2. The number of ether oxygens (including phenoxy) is 1. The van der Waals surface area contributed by atoms with Crippen LogP contribution in [0.5, 0.6) is 0 Å². The lowest BCUT2D eigenvalue weighted by Gasteiger charge is -2.15. The van der Waals surface area contributed by atoms with Gasteiger partial charge in [-0.2, -0.15) is 0 Å². The second-order valence-electron chi connectivity index (χ2n) is 8.98. The highest BCUT2D eigenvalue weighted by molar-refractivity contribution is 7.90. The Morgan fingerprint density at radius 1 is 0.973 bits per heavy atom. The van der Waals surface area contributed by atoms with E-state index in [1.54, 1.807) is 60.8 Å². The maximum absolute atomic E-state index is 13.8. The van der Waals surface area contributed by atoms with Gasteiger partial charge >= 0.3 is 5.97 Å². The first-order chi connectivity index (χ1) is 17.7. The predicted octanol–water partition coefficient (Wildman–Crippen LogP) is 6.27. The van der Waals surface area contributed by atoms with E-state index in [2.05, 4.69) is 0 Å². The molecule has 5 aromatic rings. The van der Waals surface area contributed by atoms with Gasteiger partial charge in [0, 0.05) is 40.0 Å². The maximum atomic E-state index is 13.8. The van der Waals surface area contributed by atoms with E-state index in [1.165, 1.54) is 29.3 Å². The van der Waals surface area contributed by atoms with E-state index in [0.29, 0.717) is 5.52 Å². The number of esters is 1. The van der Waals surface area contributed by atoms with E-state index in [9.17, 15) is 17.6 Å². The highest BCUT2D eigenvalue weighted by Gasteiger charge is 2.23. The van der Waals surface area contributed by atoms with Crippen LogP contribution in [0.4, 0.5) is 4.39 Å². The Morgan fingerprint density at radius 2 is 1.68 bits per heavy atom. The number of carbonyl (C=O) groups is 1. The van der Waals surface area contributed by atoms with Crippen LogP contribution < -0.4 is 0 Å². The van der Waals surface area contributed by atoms with Gasteiger partial charge in [0.1, 0.15) is 5.82 Å². The van der Waals surface area contributed by atoms with Crippen LogP contribution in [0.3, 0.4) is 0 Å². The molecule has 188 valence electrons. The Morgan fingerprint density at radius 3 is 2.32 bits per heavy atom. The number of hydrogen-bond donors (Lipinski definition) is 0. The molecule has 0 N–H and O–H groups in total. The van der Waals surface area contributed by atoms with Crippen LogP contribution in [0.1, 0.15) is 31.0 Å². The Balaban J connectivity index is 1.86. The SMILES string of the molecule is COC(=O)C=Cc1c(C(C)C)n(-c2ccc(F)cc2)c2cc3ccn(S(=O)(=O)c4ccccc4)c3cc12. The first-order valence-electron chi connectivity index (χ1n) is 11.7. The molecule has 5 rings (SSSR count). The standard InChI is InChI=1S/C29H25FN2O4S/c1-19(2)29-24(13-14-28(33)36-3)25-18-26-20(17-27(25)32(29)22-11-9-21(30)10-12-22)15-16-31(26)37(34,35)23-7-5-4-6-8-23/h4-19H,1-3H3. The first kappa shape index (κ1) is 24.5. The molecule has 0 spiro atoms. The van der Waals surface area contributed by atoms with Crippen LogP contribution in [0, 0.1) is 5.82 Å². The lowest BCUT2D eigenvalue weighted by Crippen LogP contribution is -2.11. The first-order valence-corrected chi connectivity index (χ1v) is 13.2. The zero-order valence-electron chi connectivity index (χ0n) is 20.6. The third kappa shape index (κ3) is 4.23. The van der Waals surface area contributed by atoms with Gasteiger partial charge < -0.3 is 9.30 Å². The topological polar surface area (TPSA) is 70.3 Å². The molecule has 0 aliphatic rings. The summed E-state index contributed by atoms with van der Waals surface area (Å²) in [5.74, 6) is -0.833. The van der Waals surface area contributed by atoms with Crippen molar-refractivity contribution < 1.29 is 22.3 Å². The van der Waals surface area contributed by atoms with Crippen LogP contribution >= 0.6 is 0 Å². The molecule has 0 amide bonds. The van der Waals surface area contributed by atoms with Crippen LogP contribution in [0.25, 0.3) is 33.6 Å². The number of hydrogen-bond acceptors (Lipinski definition) is 4. The third-order valence-corrected chi connectivity index (χ3v) is 8.04. The molecule has 0 aliphatic carbocycles. The molecule has 3 aromatic carbocycles. The van der Waals surface area contributed by atoms with E-state index in [0.717, 1.165) is 33.2 Å². The Labute approximate surface area is 214 Å². The van der Waals surface area contributed by atoms with Crippen molar-refractivity contribution >= 4 is 43.9 Å².